The maximum atomic E-state index is 12.7. The molecule has 30 heavy (non-hydrogen) atoms. The molecule has 4 aromatic rings. The van der Waals surface area contributed by atoms with Crippen molar-refractivity contribution >= 4 is 35.1 Å². The monoisotopic (exact) mass is 441 g/mol. The number of rotatable bonds is 7. The molecule has 0 unspecified atom stereocenters. The number of fused-ring (bicyclic) bond motifs is 1. The van der Waals surface area contributed by atoms with E-state index in [2.05, 4.69) is 23.3 Å². The Labute approximate surface area is 184 Å². The maximum Gasteiger partial charge on any atom is 0.272 e. The maximum absolute atomic E-state index is 12.7. The summed E-state index contributed by atoms with van der Waals surface area (Å²) in [6, 6.07) is 17.8. The van der Waals surface area contributed by atoms with E-state index in [-0.39, 0.29) is 12.4 Å². The van der Waals surface area contributed by atoms with Crippen molar-refractivity contribution in [3.8, 4) is 11.4 Å². The van der Waals surface area contributed by atoms with Gasteiger partial charge in [0.15, 0.2) is 0 Å². The lowest BCUT2D eigenvalue weighted by Gasteiger charge is -2.14. The molecule has 0 N–H and O–H groups in total. The first-order valence-electron chi connectivity index (χ1n) is 9.78. The fourth-order valence-corrected chi connectivity index (χ4v) is 4.21. The van der Waals surface area contributed by atoms with E-state index in [1.807, 2.05) is 60.1 Å². The smallest absolute Gasteiger partial charge is 0.272 e. The summed E-state index contributed by atoms with van der Waals surface area (Å²) in [5, 5.41) is 9.29. The summed E-state index contributed by atoms with van der Waals surface area (Å²) in [6.07, 6.45) is 2.24. The second-order valence-corrected chi connectivity index (χ2v) is 7.80. The number of hydrogen-bond donors (Lipinski definition) is 0. The van der Waals surface area contributed by atoms with E-state index in [0.717, 1.165) is 52.7 Å². The number of benzene rings is 3. The van der Waals surface area contributed by atoms with Crippen molar-refractivity contribution in [2.75, 3.05) is 0 Å². The Morgan fingerprint density at radius 2 is 1.83 bits per heavy atom. The van der Waals surface area contributed by atoms with Gasteiger partial charge in [-0.3, -0.25) is 0 Å². The zero-order valence-electron chi connectivity index (χ0n) is 16.7. The second kappa shape index (κ2) is 9.06. The lowest BCUT2D eigenvalue weighted by molar-refractivity contribution is 0.601. The quantitative estimate of drug-likeness (QED) is 0.301. The summed E-state index contributed by atoms with van der Waals surface area (Å²) in [4.78, 5) is 0. The Hall–Kier alpha value is -2.57. The fraction of sp³-hybridized carbons (Fsp3) is 0.217. The van der Waals surface area contributed by atoms with Crippen molar-refractivity contribution in [2.45, 2.75) is 33.1 Å². The van der Waals surface area contributed by atoms with Gasteiger partial charge in [-0.25, -0.2) is 4.68 Å². The second-order valence-electron chi connectivity index (χ2n) is 7.10. The minimum absolute atomic E-state index is 0.142. The van der Waals surface area contributed by atoms with Gasteiger partial charge in [-0.15, -0.1) is 8.98 Å². The average Bonchev–Trinajstić information content (AvgIpc) is 3.18. The molecule has 3 aromatic carbocycles. The van der Waals surface area contributed by atoms with Gasteiger partial charge < -0.3 is 4.18 Å². The normalized spacial score (nSPS) is 11.2. The first-order valence-corrected chi connectivity index (χ1v) is 10.8. The molecule has 0 atom stereocenters. The van der Waals surface area contributed by atoms with Gasteiger partial charge >= 0.3 is 0 Å². The molecule has 0 saturated heterocycles. The molecular weight excluding hydrogens is 421 g/mol. The molecule has 0 spiro atoms. The summed E-state index contributed by atoms with van der Waals surface area (Å²) in [7, 11) is 0. The van der Waals surface area contributed by atoms with E-state index < -0.39 is 0 Å². The lowest BCUT2D eigenvalue weighted by atomic mass is 9.98. The number of hydrogen-bond acceptors (Lipinski definition) is 4. The molecule has 1 aromatic heterocycles. The van der Waals surface area contributed by atoms with Gasteiger partial charge in [-0.05, 0) is 78.8 Å². The lowest BCUT2D eigenvalue weighted by Crippen LogP contribution is -2.03. The van der Waals surface area contributed by atoms with E-state index in [1.165, 1.54) is 5.56 Å². The van der Waals surface area contributed by atoms with Crippen LogP contribution in [0.2, 0.25) is 5.02 Å². The standard InChI is InChI=1S/C23H21ClFN3OS/c1-3-16-13-19(24)18(14-23(16)29-30-25)12-11-17-7-6-10-21(15(17)2)28-22-9-5-4-8-20(22)26-27-28/h4-10,13-14H,3,11-12H2,1-2H3. The van der Waals surface area contributed by atoms with Crippen LogP contribution in [0.4, 0.5) is 3.89 Å². The number of aromatic nitrogens is 3. The largest absolute Gasteiger partial charge is 0.397 e. The highest BCUT2D eigenvalue weighted by molar-refractivity contribution is 7.89. The highest BCUT2D eigenvalue weighted by Crippen LogP contribution is 2.31. The van der Waals surface area contributed by atoms with Gasteiger partial charge in [0.2, 0.25) is 0 Å². The molecule has 0 fully saturated rings. The molecule has 0 aliphatic heterocycles. The van der Waals surface area contributed by atoms with Crippen LogP contribution in [-0.4, -0.2) is 15.0 Å². The zero-order chi connectivity index (χ0) is 21.1. The first-order chi connectivity index (χ1) is 14.6. The number of para-hydroxylation sites is 1. The summed E-state index contributed by atoms with van der Waals surface area (Å²) < 4.78 is 19.6. The molecule has 7 heteroatoms. The fourth-order valence-electron chi connectivity index (χ4n) is 3.70. The van der Waals surface area contributed by atoms with Gasteiger partial charge in [0, 0.05) is 5.02 Å². The number of aryl methyl sites for hydroxylation is 3. The van der Waals surface area contributed by atoms with Crippen LogP contribution in [-0.2, 0) is 19.3 Å². The van der Waals surface area contributed by atoms with Crippen LogP contribution in [0.1, 0.15) is 29.2 Å². The van der Waals surface area contributed by atoms with E-state index in [0.29, 0.717) is 10.8 Å². The molecule has 1 heterocycles. The Morgan fingerprint density at radius 3 is 2.63 bits per heavy atom. The Bertz CT molecular complexity index is 1190. The Morgan fingerprint density at radius 1 is 1.03 bits per heavy atom. The molecule has 0 aliphatic carbocycles. The van der Waals surface area contributed by atoms with Crippen molar-refractivity contribution in [3.63, 3.8) is 0 Å². The van der Waals surface area contributed by atoms with Crippen LogP contribution in [0.5, 0.6) is 5.75 Å². The summed E-state index contributed by atoms with van der Waals surface area (Å²) in [5.74, 6) is 0.531. The van der Waals surface area contributed by atoms with Gasteiger partial charge in [-0.1, -0.05) is 48.0 Å². The highest BCUT2D eigenvalue weighted by Gasteiger charge is 2.13. The van der Waals surface area contributed by atoms with Gasteiger partial charge in [0.1, 0.15) is 11.3 Å². The van der Waals surface area contributed by atoms with Crippen molar-refractivity contribution in [1.29, 1.82) is 0 Å². The van der Waals surface area contributed by atoms with E-state index in [1.54, 1.807) is 0 Å². The number of halogens is 2. The molecule has 4 rings (SSSR count). The molecule has 0 radical (unpaired) electrons. The Balaban J connectivity index is 1.62. The molecule has 0 saturated carbocycles. The summed E-state index contributed by atoms with van der Waals surface area (Å²) in [5.41, 5.74) is 7.02. The van der Waals surface area contributed by atoms with Crippen LogP contribution in [0.3, 0.4) is 0 Å². The third kappa shape index (κ3) is 4.02. The molecule has 0 bridgehead atoms. The highest BCUT2D eigenvalue weighted by atomic mass is 35.5. The van der Waals surface area contributed by atoms with Crippen molar-refractivity contribution < 1.29 is 8.07 Å². The van der Waals surface area contributed by atoms with Crippen LogP contribution in [0.15, 0.2) is 54.6 Å². The van der Waals surface area contributed by atoms with Crippen molar-refractivity contribution in [1.82, 2.24) is 15.0 Å². The third-order valence-corrected chi connectivity index (χ3v) is 5.99. The number of nitrogens with zero attached hydrogens (tertiary/aromatic N) is 3. The van der Waals surface area contributed by atoms with Crippen LogP contribution >= 0.6 is 24.0 Å². The molecule has 0 amide bonds. The van der Waals surface area contributed by atoms with E-state index in [4.69, 9.17) is 15.8 Å². The predicted molar refractivity (Wildman–Crippen MR) is 121 cm³/mol. The topological polar surface area (TPSA) is 39.9 Å². The first kappa shape index (κ1) is 20.7. The SMILES string of the molecule is CCc1cc(Cl)c(CCc2cccc(-n3nnc4ccccc43)c2C)cc1OSF. The van der Waals surface area contributed by atoms with Crippen LogP contribution in [0.25, 0.3) is 16.7 Å². The van der Waals surface area contributed by atoms with Crippen molar-refractivity contribution in [2.24, 2.45) is 0 Å². The van der Waals surface area contributed by atoms with Gasteiger partial charge in [-0.2, -0.15) is 0 Å². The summed E-state index contributed by atoms with van der Waals surface area (Å²) >= 11 is 6.34. The van der Waals surface area contributed by atoms with Crippen LogP contribution in [0, 0.1) is 6.92 Å². The van der Waals surface area contributed by atoms with E-state index >= 15 is 0 Å². The minimum atomic E-state index is -0.142. The van der Waals surface area contributed by atoms with Gasteiger partial charge in [0.25, 0.3) is 12.4 Å². The predicted octanol–water partition coefficient (Wildman–Crippen LogP) is 6.64. The third-order valence-electron chi connectivity index (χ3n) is 5.39. The minimum Gasteiger partial charge on any atom is -0.397 e. The zero-order valence-corrected chi connectivity index (χ0v) is 18.3. The molecule has 0 aliphatic rings. The molecule has 4 nitrogen and oxygen atoms in total. The summed E-state index contributed by atoms with van der Waals surface area (Å²) in [6.45, 7) is 4.08. The Kier molecular flexibility index (Phi) is 6.25. The van der Waals surface area contributed by atoms with E-state index in [9.17, 15) is 3.89 Å². The average molecular weight is 442 g/mol. The molecular formula is C23H21ClFN3OS. The van der Waals surface area contributed by atoms with Crippen LogP contribution < -0.4 is 4.18 Å². The van der Waals surface area contributed by atoms with Gasteiger partial charge in [0.05, 0.1) is 11.2 Å². The molecule has 154 valence electrons. The van der Waals surface area contributed by atoms with Crippen molar-refractivity contribution in [3.05, 3.63) is 81.9 Å².